The zero-order valence-electron chi connectivity index (χ0n) is 12.4. The molecule has 0 spiro atoms. The van der Waals surface area contributed by atoms with Crippen molar-refractivity contribution in [3.63, 3.8) is 0 Å². The van der Waals surface area contributed by atoms with Crippen LogP contribution < -0.4 is 10.5 Å². The number of hydrogen-bond acceptors (Lipinski definition) is 4. The Bertz CT molecular complexity index is 700. The van der Waals surface area contributed by atoms with Gasteiger partial charge < -0.3 is 10.5 Å². The molecule has 0 amide bonds. The van der Waals surface area contributed by atoms with Crippen molar-refractivity contribution in [2.45, 2.75) is 11.3 Å². The first-order chi connectivity index (χ1) is 10.0. The molecule has 0 saturated carbocycles. The maximum absolute atomic E-state index is 11.5. The Morgan fingerprint density at radius 2 is 1.68 bits per heavy atom. The van der Waals surface area contributed by atoms with E-state index in [1.807, 2.05) is 24.3 Å². The van der Waals surface area contributed by atoms with Crippen LogP contribution in [0.4, 0.5) is 0 Å². The van der Waals surface area contributed by atoms with Gasteiger partial charge in [0.25, 0.3) is 0 Å². The van der Waals surface area contributed by atoms with Crippen molar-refractivity contribution in [2.75, 3.05) is 19.4 Å². The van der Waals surface area contributed by atoms with E-state index in [2.05, 4.69) is 0 Å². The number of benzene rings is 2. The lowest BCUT2D eigenvalue weighted by atomic mass is 10.0. The van der Waals surface area contributed by atoms with Gasteiger partial charge in [-0.1, -0.05) is 30.3 Å². The normalized spacial score (nSPS) is 10.8. The Hall–Kier alpha value is -1.56. The molecule has 0 aliphatic carbocycles. The maximum atomic E-state index is 11.5. The predicted molar refractivity (Wildman–Crippen MR) is 91.4 cm³/mol. The Morgan fingerprint density at radius 3 is 2.27 bits per heavy atom. The number of para-hydroxylation sites is 1. The first-order valence-electron chi connectivity index (χ1n) is 6.75. The summed E-state index contributed by atoms with van der Waals surface area (Å²) in [6, 6.07) is 14.5. The summed E-state index contributed by atoms with van der Waals surface area (Å²) in [5.74, 6) is 0.776. The molecule has 2 aromatic rings. The van der Waals surface area contributed by atoms with Crippen LogP contribution in [-0.4, -0.2) is 27.8 Å². The van der Waals surface area contributed by atoms with E-state index < -0.39 is 9.84 Å². The highest BCUT2D eigenvalue weighted by Gasteiger charge is 2.09. The summed E-state index contributed by atoms with van der Waals surface area (Å²) in [5, 5.41) is 0. The number of ether oxygens (including phenoxy) is 1. The lowest BCUT2D eigenvalue weighted by Gasteiger charge is -2.11. The molecule has 120 valence electrons. The highest BCUT2D eigenvalue weighted by molar-refractivity contribution is 7.90. The number of halogens is 1. The number of rotatable bonds is 6. The Morgan fingerprint density at radius 1 is 1.05 bits per heavy atom. The average Bonchev–Trinajstić information content (AvgIpc) is 2.47. The van der Waals surface area contributed by atoms with Crippen LogP contribution in [0.15, 0.2) is 53.4 Å². The molecule has 0 unspecified atom stereocenters. The molecule has 0 atom stereocenters. The summed E-state index contributed by atoms with van der Waals surface area (Å²) in [6.45, 7) is 1.15. The van der Waals surface area contributed by atoms with Crippen molar-refractivity contribution in [1.29, 1.82) is 0 Å². The topological polar surface area (TPSA) is 69.4 Å². The van der Waals surface area contributed by atoms with Crippen LogP contribution in [0.3, 0.4) is 0 Å². The van der Waals surface area contributed by atoms with Gasteiger partial charge in [0.15, 0.2) is 9.84 Å². The molecule has 0 aliphatic heterocycles. The van der Waals surface area contributed by atoms with Crippen LogP contribution >= 0.6 is 12.4 Å². The summed E-state index contributed by atoms with van der Waals surface area (Å²) in [7, 11) is -3.17. The monoisotopic (exact) mass is 341 g/mol. The van der Waals surface area contributed by atoms with Gasteiger partial charge in [-0.3, -0.25) is 0 Å². The third-order valence-electron chi connectivity index (χ3n) is 3.09. The van der Waals surface area contributed by atoms with Crippen molar-refractivity contribution in [1.82, 2.24) is 0 Å². The second-order valence-corrected chi connectivity index (χ2v) is 6.80. The van der Waals surface area contributed by atoms with E-state index in [1.165, 1.54) is 6.26 Å². The second kappa shape index (κ2) is 8.17. The predicted octanol–water partition coefficient (Wildman–Crippen LogP) is 2.91. The Labute approximate surface area is 137 Å². The molecule has 0 radical (unpaired) electrons. The maximum Gasteiger partial charge on any atom is 0.175 e. The minimum absolute atomic E-state index is 0. The fraction of sp³-hybridized carbons (Fsp3) is 0.250. The summed E-state index contributed by atoms with van der Waals surface area (Å²) >= 11 is 0. The van der Waals surface area contributed by atoms with E-state index in [4.69, 9.17) is 10.5 Å². The van der Waals surface area contributed by atoms with Gasteiger partial charge in [0.1, 0.15) is 5.75 Å². The zero-order valence-corrected chi connectivity index (χ0v) is 14.0. The molecular weight excluding hydrogens is 322 g/mol. The summed E-state index contributed by atoms with van der Waals surface area (Å²) in [6.07, 6.45) is 1.99. The number of sulfone groups is 1. The average molecular weight is 342 g/mol. The van der Waals surface area contributed by atoms with E-state index in [9.17, 15) is 8.42 Å². The molecule has 0 saturated heterocycles. The van der Waals surface area contributed by atoms with Crippen LogP contribution in [0, 0.1) is 0 Å². The highest BCUT2D eigenvalue weighted by atomic mass is 35.5. The quantitative estimate of drug-likeness (QED) is 0.820. The SMILES string of the molecule is CS(=O)(=O)c1ccc(-c2ccccc2OCCCN)cc1.Cl. The van der Waals surface area contributed by atoms with Crippen molar-refractivity contribution in [3.8, 4) is 16.9 Å². The third kappa shape index (κ3) is 4.73. The molecule has 0 bridgehead atoms. The molecule has 0 aromatic heterocycles. The lowest BCUT2D eigenvalue weighted by molar-refractivity contribution is 0.314. The molecule has 22 heavy (non-hydrogen) atoms. The largest absolute Gasteiger partial charge is 0.493 e. The van der Waals surface area contributed by atoms with Crippen molar-refractivity contribution in [3.05, 3.63) is 48.5 Å². The standard InChI is InChI=1S/C16H19NO3S.ClH/c1-21(18,19)14-9-7-13(8-10-14)15-5-2-3-6-16(15)20-12-4-11-17;/h2-3,5-10H,4,11-12,17H2,1H3;1H. The van der Waals surface area contributed by atoms with Gasteiger partial charge in [-0.05, 0) is 36.7 Å². The number of nitrogens with two attached hydrogens (primary N) is 1. The first-order valence-corrected chi connectivity index (χ1v) is 8.64. The Kier molecular flexibility index (Phi) is 6.87. The molecule has 2 aromatic carbocycles. The molecular formula is C16H20ClNO3S. The van der Waals surface area contributed by atoms with E-state index in [1.54, 1.807) is 24.3 Å². The minimum atomic E-state index is -3.17. The molecule has 6 heteroatoms. The molecule has 0 heterocycles. The molecule has 0 aliphatic rings. The van der Waals surface area contributed by atoms with Crippen molar-refractivity contribution < 1.29 is 13.2 Å². The van der Waals surface area contributed by atoms with Crippen LogP contribution in [0.25, 0.3) is 11.1 Å². The van der Waals surface area contributed by atoms with Crippen LogP contribution in [0.2, 0.25) is 0 Å². The van der Waals surface area contributed by atoms with Crippen LogP contribution in [0.5, 0.6) is 5.75 Å². The highest BCUT2D eigenvalue weighted by Crippen LogP contribution is 2.30. The van der Waals surface area contributed by atoms with Crippen LogP contribution in [0.1, 0.15) is 6.42 Å². The van der Waals surface area contributed by atoms with E-state index in [-0.39, 0.29) is 12.4 Å². The van der Waals surface area contributed by atoms with Gasteiger partial charge >= 0.3 is 0 Å². The summed E-state index contributed by atoms with van der Waals surface area (Å²) in [5.41, 5.74) is 7.32. The van der Waals surface area contributed by atoms with Gasteiger partial charge in [-0.15, -0.1) is 12.4 Å². The van der Waals surface area contributed by atoms with Crippen molar-refractivity contribution in [2.24, 2.45) is 5.73 Å². The fourth-order valence-electron chi connectivity index (χ4n) is 1.98. The fourth-order valence-corrected chi connectivity index (χ4v) is 2.61. The first kappa shape index (κ1) is 18.5. The molecule has 0 fully saturated rings. The smallest absolute Gasteiger partial charge is 0.175 e. The van der Waals surface area contributed by atoms with Crippen molar-refractivity contribution >= 4 is 22.2 Å². The molecule has 4 nitrogen and oxygen atoms in total. The van der Waals surface area contributed by atoms with Crippen LogP contribution in [-0.2, 0) is 9.84 Å². The van der Waals surface area contributed by atoms with Gasteiger partial charge in [0, 0.05) is 11.8 Å². The second-order valence-electron chi connectivity index (χ2n) is 4.78. The molecule has 2 N–H and O–H groups in total. The van der Waals surface area contributed by atoms with E-state index in [0.717, 1.165) is 23.3 Å². The van der Waals surface area contributed by atoms with Gasteiger partial charge in [-0.25, -0.2) is 8.42 Å². The van der Waals surface area contributed by atoms with Gasteiger partial charge in [0.2, 0.25) is 0 Å². The number of hydrogen-bond donors (Lipinski definition) is 1. The van der Waals surface area contributed by atoms with E-state index >= 15 is 0 Å². The molecule has 2 rings (SSSR count). The minimum Gasteiger partial charge on any atom is -0.493 e. The Balaban J connectivity index is 0.00000242. The van der Waals surface area contributed by atoms with Gasteiger partial charge in [-0.2, -0.15) is 0 Å². The lowest BCUT2D eigenvalue weighted by Crippen LogP contribution is -2.06. The van der Waals surface area contributed by atoms with Gasteiger partial charge in [0.05, 0.1) is 11.5 Å². The summed E-state index contributed by atoms with van der Waals surface area (Å²) in [4.78, 5) is 0.313. The summed E-state index contributed by atoms with van der Waals surface area (Å²) < 4.78 is 28.7. The van der Waals surface area contributed by atoms with E-state index in [0.29, 0.717) is 18.0 Å². The zero-order chi connectivity index (χ0) is 15.3. The third-order valence-corrected chi connectivity index (χ3v) is 4.22.